The number of likely N-dealkylation sites (tertiary alicyclic amines) is 1. The van der Waals surface area contributed by atoms with Crippen molar-refractivity contribution in [3.05, 3.63) is 40.3 Å². The molecule has 1 aliphatic rings. The van der Waals surface area contributed by atoms with E-state index in [9.17, 15) is 19.5 Å². The lowest BCUT2D eigenvalue weighted by atomic mass is 10.1. The van der Waals surface area contributed by atoms with Crippen LogP contribution in [0.1, 0.15) is 39.3 Å². The second-order valence-electron chi connectivity index (χ2n) is 8.02. The first-order chi connectivity index (χ1) is 13.2. The van der Waals surface area contributed by atoms with E-state index >= 15 is 0 Å². The maximum Gasteiger partial charge on any atom is 0.410 e. The molecule has 8 heteroatoms. The first kappa shape index (κ1) is 19.9. The van der Waals surface area contributed by atoms with Crippen molar-refractivity contribution in [3.8, 4) is 0 Å². The minimum absolute atomic E-state index is 0.204. The zero-order valence-corrected chi connectivity index (χ0v) is 16.3. The minimum atomic E-state index is -1.01. The molecule has 0 bridgehead atoms. The minimum Gasteiger partial charge on any atom is -0.481 e. The van der Waals surface area contributed by atoms with Gasteiger partial charge in [-0.1, -0.05) is 18.2 Å². The van der Waals surface area contributed by atoms with Crippen molar-refractivity contribution in [1.82, 2.24) is 14.7 Å². The van der Waals surface area contributed by atoms with Gasteiger partial charge in [0.25, 0.3) is 5.56 Å². The van der Waals surface area contributed by atoms with Crippen LogP contribution in [0.5, 0.6) is 0 Å². The fourth-order valence-corrected chi connectivity index (χ4v) is 3.49. The highest BCUT2D eigenvalue weighted by atomic mass is 16.6. The summed E-state index contributed by atoms with van der Waals surface area (Å²) >= 11 is 0. The number of carboxylic acids is 1. The quantitative estimate of drug-likeness (QED) is 0.864. The summed E-state index contributed by atoms with van der Waals surface area (Å²) in [5.74, 6) is -1.01. The SMILES string of the molecule is CC(C)(C)OC(=O)N1CCCC1Cn1nc(CC(=O)O)c2ccccc2c1=O. The first-order valence-electron chi connectivity index (χ1n) is 9.36. The van der Waals surface area contributed by atoms with Gasteiger partial charge < -0.3 is 14.7 Å². The number of carbonyl (C=O) groups excluding carboxylic acids is 1. The van der Waals surface area contributed by atoms with Crippen molar-refractivity contribution in [2.24, 2.45) is 0 Å². The number of carboxylic acid groups (broad SMARTS) is 1. The Labute approximate surface area is 162 Å². The van der Waals surface area contributed by atoms with Crippen molar-refractivity contribution in [1.29, 1.82) is 0 Å². The maximum atomic E-state index is 12.9. The summed E-state index contributed by atoms with van der Waals surface area (Å²) in [6.45, 7) is 6.19. The zero-order valence-electron chi connectivity index (χ0n) is 16.3. The van der Waals surface area contributed by atoms with Crippen molar-refractivity contribution >= 4 is 22.8 Å². The number of aromatic nitrogens is 2. The van der Waals surface area contributed by atoms with Crippen LogP contribution in [0.25, 0.3) is 10.8 Å². The third kappa shape index (κ3) is 4.32. The van der Waals surface area contributed by atoms with Crippen LogP contribution in [0, 0.1) is 0 Å². The van der Waals surface area contributed by atoms with Crippen LogP contribution in [-0.4, -0.2) is 50.0 Å². The van der Waals surface area contributed by atoms with E-state index in [-0.39, 0.29) is 24.6 Å². The van der Waals surface area contributed by atoms with Gasteiger partial charge in [-0.05, 0) is 39.7 Å². The number of benzene rings is 1. The number of amides is 1. The van der Waals surface area contributed by atoms with Crippen LogP contribution in [-0.2, 0) is 22.5 Å². The van der Waals surface area contributed by atoms with Crippen LogP contribution in [0.3, 0.4) is 0 Å². The van der Waals surface area contributed by atoms with Crippen molar-refractivity contribution in [3.63, 3.8) is 0 Å². The van der Waals surface area contributed by atoms with Crippen molar-refractivity contribution in [2.75, 3.05) is 6.54 Å². The fraction of sp³-hybridized carbons (Fsp3) is 0.500. The summed E-state index contributed by atoms with van der Waals surface area (Å²) < 4.78 is 6.75. The lowest BCUT2D eigenvalue weighted by molar-refractivity contribution is -0.136. The van der Waals surface area contributed by atoms with Gasteiger partial charge in [-0.25, -0.2) is 9.48 Å². The third-order valence-electron chi connectivity index (χ3n) is 4.65. The van der Waals surface area contributed by atoms with Crippen LogP contribution in [0.4, 0.5) is 4.79 Å². The Balaban J connectivity index is 1.93. The number of ether oxygens (including phenoxy) is 1. The molecular weight excluding hydrogens is 362 g/mol. The molecule has 1 saturated heterocycles. The molecule has 0 aliphatic carbocycles. The van der Waals surface area contributed by atoms with E-state index < -0.39 is 17.7 Å². The third-order valence-corrected chi connectivity index (χ3v) is 4.65. The molecule has 1 aromatic carbocycles. The molecule has 0 saturated carbocycles. The molecule has 1 atom stereocenters. The highest BCUT2D eigenvalue weighted by Gasteiger charge is 2.33. The number of fused-ring (bicyclic) bond motifs is 1. The summed E-state index contributed by atoms with van der Waals surface area (Å²) in [5.41, 5.74) is -0.554. The summed E-state index contributed by atoms with van der Waals surface area (Å²) in [7, 11) is 0. The van der Waals surface area contributed by atoms with E-state index in [0.29, 0.717) is 23.0 Å². The summed E-state index contributed by atoms with van der Waals surface area (Å²) in [4.78, 5) is 38.2. The topological polar surface area (TPSA) is 102 Å². The molecular formula is C20H25N3O5. The second kappa shape index (κ2) is 7.61. The summed E-state index contributed by atoms with van der Waals surface area (Å²) in [6.07, 6.45) is 0.860. The van der Waals surface area contributed by atoms with Gasteiger partial charge in [0.15, 0.2) is 0 Å². The van der Waals surface area contributed by atoms with Gasteiger partial charge in [0.05, 0.1) is 30.1 Å². The normalized spacial score (nSPS) is 17.1. The molecule has 1 N–H and O–H groups in total. The number of rotatable bonds is 4. The van der Waals surface area contributed by atoms with E-state index in [4.69, 9.17) is 4.74 Å². The van der Waals surface area contributed by atoms with Crippen LogP contribution in [0.15, 0.2) is 29.1 Å². The largest absolute Gasteiger partial charge is 0.481 e. The predicted molar refractivity (Wildman–Crippen MR) is 103 cm³/mol. The molecule has 0 spiro atoms. The van der Waals surface area contributed by atoms with Gasteiger partial charge in [-0.15, -0.1) is 0 Å². The van der Waals surface area contributed by atoms with Gasteiger partial charge in [0.1, 0.15) is 5.60 Å². The molecule has 0 radical (unpaired) electrons. The van der Waals surface area contributed by atoms with Crippen LogP contribution >= 0.6 is 0 Å². The number of aliphatic carboxylic acids is 1. The monoisotopic (exact) mass is 387 g/mol. The van der Waals surface area contributed by atoms with Gasteiger partial charge in [0, 0.05) is 11.9 Å². The molecule has 28 heavy (non-hydrogen) atoms. The Morgan fingerprint density at radius 3 is 2.57 bits per heavy atom. The first-order valence-corrected chi connectivity index (χ1v) is 9.36. The highest BCUT2D eigenvalue weighted by molar-refractivity contribution is 5.86. The molecule has 2 aromatic rings. The summed E-state index contributed by atoms with van der Waals surface area (Å²) in [5, 5.41) is 14.5. The molecule has 1 fully saturated rings. The average molecular weight is 387 g/mol. The van der Waals surface area contributed by atoms with Crippen molar-refractivity contribution < 1.29 is 19.4 Å². The van der Waals surface area contributed by atoms with Gasteiger partial charge >= 0.3 is 12.1 Å². The Kier molecular flexibility index (Phi) is 5.40. The molecule has 8 nitrogen and oxygen atoms in total. The molecule has 150 valence electrons. The van der Waals surface area contributed by atoms with Gasteiger partial charge in [0.2, 0.25) is 0 Å². The van der Waals surface area contributed by atoms with Crippen LogP contribution in [0.2, 0.25) is 0 Å². The fourth-order valence-electron chi connectivity index (χ4n) is 3.49. The van der Waals surface area contributed by atoms with E-state index in [1.807, 2.05) is 20.8 Å². The molecule has 1 unspecified atom stereocenters. The van der Waals surface area contributed by atoms with Crippen LogP contribution < -0.4 is 5.56 Å². The highest BCUT2D eigenvalue weighted by Crippen LogP contribution is 2.22. The Morgan fingerprint density at radius 1 is 1.25 bits per heavy atom. The van der Waals surface area contributed by atoms with E-state index in [2.05, 4.69) is 5.10 Å². The van der Waals surface area contributed by atoms with Gasteiger partial charge in [-0.3, -0.25) is 9.59 Å². The van der Waals surface area contributed by atoms with Crippen molar-refractivity contribution in [2.45, 2.75) is 58.2 Å². The lowest BCUT2D eigenvalue weighted by Crippen LogP contribution is -2.43. The van der Waals surface area contributed by atoms with Gasteiger partial charge in [-0.2, -0.15) is 5.10 Å². The molecule has 1 aliphatic heterocycles. The smallest absolute Gasteiger partial charge is 0.410 e. The number of hydrogen-bond donors (Lipinski definition) is 1. The number of carbonyl (C=O) groups is 2. The standard InChI is InChI=1S/C20H25N3O5/c1-20(2,3)28-19(27)22-10-6-7-13(22)12-23-18(26)15-9-5-4-8-14(15)16(21-23)11-17(24)25/h4-5,8-9,13H,6-7,10-12H2,1-3H3,(H,24,25). The predicted octanol–water partition coefficient (Wildman–Crippen LogP) is 2.42. The zero-order chi connectivity index (χ0) is 20.5. The average Bonchev–Trinajstić information content (AvgIpc) is 3.05. The number of nitrogens with zero attached hydrogens (tertiary/aromatic N) is 3. The Bertz CT molecular complexity index is 960. The number of hydrogen-bond acceptors (Lipinski definition) is 5. The molecule has 2 heterocycles. The van der Waals surface area contributed by atoms with E-state index in [1.165, 1.54) is 4.68 Å². The molecule has 1 amide bonds. The molecule has 1 aromatic heterocycles. The second-order valence-corrected chi connectivity index (χ2v) is 8.02. The lowest BCUT2D eigenvalue weighted by Gasteiger charge is -2.28. The van der Waals surface area contributed by atoms with E-state index in [1.54, 1.807) is 29.2 Å². The summed E-state index contributed by atoms with van der Waals surface area (Å²) in [6, 6.07) is 6.64. The Hall–Kier alpha value is -2.90. The van der Waals surface area contributed by atoms with E-state index in [0.717, 1.165) is 12.8 Å². The molecule has 3 rings (SSSR count). The Morgan fingerprint density at radius 2 is 1.93 bits per heavy atom. The maximum absolute atomic E-state index is 12.9.